The van der Waals surface area contributed by atoms with Crippen LogP contribution in [0.4, 0.5) is 5.69 Å². The largest absolute Gasteiger partial charge is 0.355 e. The molecule has 0 aliphatic carbocycles. The molecule has 2 amide bonds. The highest BCUT2D eigenvalue weighted by molar-refractivity contribution is 7.89. The highest BCUT2D eigenvalue weighted by atomic mass is 32.2. The van der Waals surface area contributed by atoms with E-state index in [1.54, 1.807) is 39.0 Å². The Morgan fingerprint density at radius 2 is 1.73 bits per heavy atom. The van der Waals surface area contributed by atoms with Crippen molar-refractivity contribution in [3.8, 4) is 0 Å². The maximum atomic E-state index is 13.0. The van der Waals surface area contributed by atoms with Crippen molar-refractivity contribution >= 4 is 27.5 Å². The summed E-state index contributed by atoms with van der Waals surface area (Å²) in [6.07, 6.45) is 0.913. The zero-order chi connectivity index (χ0) is 24.6. The average molecular weight is 482 g/mol. The number of anilines is 1. The number of carbonyl (C=O) groups is 2. The van der Waals surface area contributed by atoms with Crippen LogP contribution in [0.15, 0.2) is 23.1 Å². The Hall–Kier alpha value is -2.01. The number of piperazine rings is 1. The van der Waals surface area contributed by atoms with Crippen LogP contribution in [0.1, 0.15) is 39.7 Å². The highest BCUT2D eigenvalue weighted by Crippen LogP contribution is 2.24. The first-order valence-corrected chi connectivity index (χ1v) is 13.2. The summed E-state index contributed by atoms with van der Waals surface area (Å²) >= 11 is 0. The zero-order valence-corrected chi connectivity index (χ0v) is 21.4. The first-order chi connectivity index (χ1) is 15.6. The van der Waals surface area contributed by atoms with Gasteiger partial charge < -0.3 is 10.6 Å². The Bertz CT molecular complexity index is 909. The molecule has 1 unspecified atom stereocenters. The maximum Gasteiger partial charge on any atom is 0.243 e. The van der Waals surface area contributed by atoms with E-state index in [1.165, 1.54) is 4.31 Å². The fraction of sp³-hybridized carbons (Fsp3) is 0.652. The summed E-state index contributed by atoms with van der Waals surface area (Å²) in [5, 5.41) is 5.77. The van der Waals surface area contributed by atoms with Crippen molar-refractivity contribution in [2.24, 2.45) is 0 Å². The van der Waals surface area contributed by atoms with E-state index in [4.69, 9.17) is 0 Å². The summed E-state index contributed by atoms with van der Waals surface area (Å²) in [7, 11) is -3.62. The third kappa shape index (κ3) is 7.23. The lowest BCUT2D eigenvalue weighted by atomic mass is 10.2. The number of nitrogens with one attached hydrogen (secondary N) is 2. The van der Waals surface area contributed by atoms with Gasteiger partial charge in [0.05, 0.1) is 17.5 Å². The van der Waals surface area contributed by atoms with Crippen LogP contribution in [0, 0.1) is 6.92 Å². The molecule has 1 saturated heterocycles. The number of benzene rings is 1. The second kappa shape index (κ2) is 12.5. The van der Waals surface area contributed by atoms with Gasteiger partial charge in [0.2, 0.25) is 21.8 Å². The molecule has 0 saturated carbocycles. The minimum absolute atomic E-state index is 0.0333. The first-order valence-electron chi connectivity index (χ1n) is 11.8. The van der Waals surface area contributed by atoms with Gasteiger partial charge >= 0.3 is 0 Å². The van der Waals surface area contributed by atoms with Gasteiger partial charge in [-0.15, -0.1) is 0 Å². The number of carbonyl (C=O) groups excluding carboxylic acids is 2. The number of rotatable bonds is 11. The summed E-state index contributed by atoms with van der Waals surface area (Å²) in [6, 6.07) is 4.62. The molecule has 9 nitrogen and oxygen atoms in total. The summed E-state index contributed by atoms with van der Waals surface area (Å²) in [4.78, 5) is 29.2. The molecule has 0 aromatic heterocycles. The van der Waals surface area contributed by atoms with Crippen LogP contribution in [0.3, 0.4) is 0 Å². The summed E-state index contributed by atoms with van der Waals surface area (Å²) in [5.74, 6) is -0.148. The molecule has 33 heavy (non-hydrogen) atoms. The lowest BCUT2D eigenvalue weighted by Crippen LogP contribution is -2.54. The summed E-state index contributed by atoms with van der Waals surface area (Å²) < 4.78 is 27.4. The first kappa shape index (κ1) is 27.2. The topological polar surface area (TPSA) is 102 Å². The third-order valence-electron chi connectivity index (χ3n) is 6.05. The molecule has 1 heterocycles. The van der Waals surface area contributed by atoms with Crippen molar-refractivity contribution in [1.82, 2.24) is 19.4 Å². The maximum absolute atomic E-state index is 13.0. The molecule has 0 bridgehead atoms. The van der Waals surface area contributed by atoms with E-state index in [2.05, 4.69) is 20.4 Å². The minimum Gasteiger partial charge on any atom is -0.355 e. The smallest absolute Gasteiger partial charge is 0.243 e. The molecule has 1 aliphatic rings. The van der Waals surface area contributed by atoms with Crippen molar-refractivity contribution in [1.29, 1.82) is 0 Å². The van der Waals surface area contributed by atoms with E-state index in [0.717, 1.165) is 6.42 Å². The number of amides is 2. The quantitative estimate of drug-likeness (QED) is 0.497. The van der Waals surface area contributed by atoms with E-state index in [9.17, 15) is 18.0 Å². The average Bonchev–Trinajstić information content (AvgIpc) is 2.79. The SMILES string of the molecule is CCCNC(=O)CN1CCN(C(C)C(=O)Nc2ccc(C)c(S(=O)(=O)N(CC)CC)c2)CC1. The molecule has 0 spiro atoms. The lowest BCUT2D eigenvalue weighted by Gasteiger charge is -2.37. The van der Waals surface area contributed by atoms with E-state index < -0.39 is 10.0 Å². The molecular formula is C23H39N5O4S. The van der Waals surface area contributed by atoms with Gasteiger partial charge in [-0.1, -0.05) is 26.8 Å². The molecule has 186 valence electrons. The van der Waals surface area contributed by atoms with E-state index >= 15 is 0 Å². The van der Waals surface area contributed by atoms with Crippen molar-refractivity contribution in [3.63, 3.8) is 0 Å². The van der Waals surface area contributed by atoms with Gasteiger partial charge in [0.1, 0.15) is 0 Å². The molecule has 1 aromatic rings. The predicted octanol–water partition coefficient (Wildman–Crippen LogP) is 1.50. The van der Waals surface area contributed by atoms with Crippen LogP contribution in [-0.2, 0) is 19.6 Å². The Morgan fingerprint density at radius 1 is 1.09 bits per heavy atom. The zero-order valence-electron chi connectivity index (χ0n) is 20.6. The molecular weight excluding hydrogens is 442 g/mol. The normalized spacial score (nSPS) is 16.5. The summed E-state index contributed by atoms with van der Waals surface area (Å²) in [6.45, 7) is 13.9. The molecule has 2 N–H and O–H groups in total. The number of sulfonamides is 1. The van der Waals surface area contributed by atoms with Crippen LogP contribution >= 0.6 is 0 Å². The van der Waals surface area contributed by atoms with Crippen molar-refractivity contribution < 1.29 is 18.0 Å². The lowest BCUT2D eigenvalue weighted by molar-refractivity contribution is -0.124. The van der Waals surface area contributed by atoms with E-state index in [-0.39, 0.29) is 22.8 Å². The monoisotopic (exact) mass is 481 g/mol. The van der Waals surface area contributed by atoms with Gasteiger partial charge in [-0.3, -0.25) is 19.4 Å². The fourth-order valence-electron chi connectivity index (χ4n) is 3.90. The molecule has 1 atom stereocenters. The van der Waals surface area contributed by atoms with Crippen molar-refractivity contribution in [2.45, 2.75) is 52.0 Å². The minimum atomic E-state index is -3.62. The number of aryl methyl sites for hydroxylation is 1. The molecule has 2 rings (SSSR count). The Morgan fingerprint density at radius 3 is 2.30 bits per heavy atom. The van der Waals surface area contributed by atoms with Crippen molar-refractivity contribution in [2.75, 3.05) is 57.7 Å². The van der Waals surface area contributed by atoms with Gasteiger partial charge in [-0.25, -0.2) is 8.42 Å². The molecule has 1 fully saturated rings. The summed E-state index contributed by atoms with van der Waals surface area (Å²) in [5.41, 5.74) is 1.11. The van der Waals surface area contributed by atoms with E-state index in [1.807, 2.05) is 13.8 Å². The second-order valence-electron chi connectivity index (χ2n) is 8.40. The standard InChI is InChI=1S/C23H39N5O4S/c1-6-11-24-22(29)17-26-12-14-27(15-13-26)19(5)23(30)25-20-10-9-18(4)21(16-20)33(31,32)28(7-2)8-3/h9-10,16,19H,6-8,11-15,17H2,1-5H3,(H,24,29)(H,25,30). The number of hydrogen-bond donors (Lipinski definition) is 2. The van der Waals surface area contributed by atoms with Crippen LogP contribution in [0.2, 0.25) is 0 Å². The van der Waals surface area contributed by atoms with Crippen LogP contribution < -0.4 is 10.6 Å². The molecule has 1 aliphatic heterocycles. The number of hydrogen-bond acceptors (Lipinski definition) is 6. The number of nitrogens with zero attached hydrogens (tertiary/aromatic N) is 3. The molecule has 0 radical (unpaired) electrons. The van der Waals surface area contributed by atoms with Gasteiger partial charge in [0.15, 0.2) is 0 Å². The Balaban J connectivity index is 1.98. The van der Waals surface area contributed by atoms with Crippen LogP contribution in [0.5, 0.6) is 0 Å². The van der Waals surface area contributed by atoms with E-state index in [0.29, 0.717) is 63.6 Å². The Kier molecular flexibility index (Phi) is 10.3. The highest BCUT2D eigenvalue weighted by Gasteiger charge is 2.27. The third-order valence-corrected chi connectivity index (χ3v) is 8.24. The fourth-order valence-corrected chi connectivity index (χ4v) is 5.61. The van der Waals surface area contributed by atoms with Gasteiger partial charge in [0, 0.05) is 51.5 Å². The van der Waals surface area contributed by atoms with Gasteiger partial charge in [-0.2, -0.15) is 4.31 Å². The van der Waals surface area contributed by atoms with Crippen molar-refractivity contribution in [3.05, 3.63) is 23.8 Å². The van der Waals surface area contributed by atoms with Gasteiger partial charge in [-0.05, 0) is 38.0 Å². The predicted molar refractivity (Wildman–Crippen MR) is 131 cm³/mol. The van der Waals surface area contributed by atoms with Crippen LogP contribution in [0.25, 0.3) is 0 Å². The Labute approximate surface area is 198 Å². The molecule has 1 aromatic carbocycles. The van der Waals surface area contributed by atoms with Crippen LogP contribution in [-0.4, -0.2) is 92.7 Å². The second-order valence-corrected chi connectivity index (χ2v) is 10.3. The molecule has 10 heteroatoms. The van der Waals surface area contributed by atoms with Gasteiger partial charge in [0.25, 0.3) is 0 Å².